The molecule has 3 aromatic carbocycles. The molecule has 298 valence electrons. The molecule has 0 aliphatic carbocycles. The average molecular weight is 777 g/mol. The highest BCUT2D eigenvalue weighted by Crippen LogP contribution is 2.39. The van der Waals surface area contributed by atoms with Gasteiger partial charge in [-0.15, -0.1) is 10.2 Å². The van der Waals surface area contributed by atoms with E-state index < -0.39 is 17.9 Å². The van der Waals surface area contributed by atoms with Gasteiger partial charge in [0.2, 0.25) is 23.5 Å². The number of amides is 5. The maximum absolute atomic E-state index is 13.5. The number of nitrogens with one attached hydrogen (secondary N) is 3. The first kappa shape index (κ1) is 39.2. The Hall–Kier alpha value is -6.09. The SMILES string of the molecule is COc1cc(O)c(-c2nnc(C(=O)NC(C)C)n2-c2ccc(CN3CCC(C(=O)Nc4cccc5c4CN(C4CCC(=O)NC4=O)C5=O)CC3)cc2)cc1C(C)C. The fourth-order valence-electron chi connectivity index (χ4n) is 7.87. The van der Waals surface area contributed by atoms with Crippen molar-refractivity contribution in [3.63, 3.8) is 0 Å². The summed E-state index contributed by atoms with van der Waals surface area (Å²) in [4.78, 5) is 68.0. The lowest BCUT2D eigenvalue weighted by atomic mass is 9.95. The largest absolute Gasteiger partial charge is 0.507 e. The number of ether oxygens (including phenoxy) is 1. The molecular formula is C42H48N8O7. The highest BCUT2D eigenvalue weighted by atomic mass is 16.5. The Bertz CT molecular complexity index is 2220. The second kappa shape index (κ2) is 16.2. The average Bonchev–Trinajstić information content (AvgIpc) is 3.77. The number of imide groups is 1. The summed E-state index contributed by atoms with van der Waals surface area (Å²) in [5.74, 6) is -0.804. The second-order valence-electron chi connectivity index (χ2n) is 15.5. The van der Waals surface area contributed by atoms with Crippen LogP contribution in [0.3, 0.4) is 0 Å². The molecule has 3 aliphatic heterocycles. The molecule has 0 bridgehead atoms. The van der Waals surface area contributed by atoms with Crippen LogP contribution in [-0.4, -0.2) is 91.5 Å². The molecule has 1 aromatic heterocycles. The Kier molecular flexibility index (Phi) is 11.1. The van der Waals surface area contributed by atoms with Gasteiger partial charge in [0, 0.05) is 60.0 Å². The minimum atomic E-state index is -0.729. The van der Waals surface area contributed by atoms with Crippen molar-refractivity contribution in [1.29, 1.82) is 0 Å². The van der Waals surface area contributed by atoms with Crippen LogP contribution < -0.4 is 20.7 Å². The molecule has 1 unspecified atom stereocenters. The van der Waals surface area contributed by atoms with E-state index in [9.17, 15) is 29.1 Å². The number of hydrogen-bond acceptors (Lipinski definition) is 10. The zero-order chi connectivity index (χ0) is 40.5. The van der Waals surface area contributed by atoms with E-state index in [0.717, 1.165) is 11.1 Å². The first-order chi connectivity index (χ1) is 27.3. The van der Waals surface area contributed by atoms with Crippen molar-refractivity contribution in [3.8, 4) is 28.6 Å². The summed E-state index contributed by atoms with van der Waals surface area (Å²) >= 11 is 0. The number of carbonyl (C=O) groups excluding carboxylic acids is 5. The van der Waals surface area contributed by atoms with Crippen LogP contribution in [0.2, 0.25) is 0 Å². The van der Waals surface area contributed by atoms with Crippen molar-refractivity contribution in [1.82, 2.24) is 35.2 Å². The fourth-order valence-corrected chi connectivity index (χ4v) is 7.87. The maximum atomic E-state index is 13.5. The van der Waals surface area contributed by atoms with E-state index in [-0.39, 0.29) is 66.6 Å². The van der Waals surface area contributed by atoms with Gasteiger partial charge in [-0.25, -0.2) is 0 Å². The Morgan fingerprint density at radius 1 is 0.965 bits per heavy atom. The van der Waals surface area contributed by atoms with Crippen molar-refractivity contribution in [2.45, 2.75) is 84.5 Å². The quantitative estimate of drug-likeness (QED) is 0.158. The number of benzene rings is 3. The van der Waals surface area contributed by atoms with Gasteiger partial charge < -0.3 is 25.4 Å². The number of nitrogens with zero attached hydrogens (tertiary/aromatic N) is 5. The van der Waals surface area contributed by atoms with E-state index in [1.165, 1.54) is 4.90 Å². The molecule has 0 spiro atoms. The first-order valence-corrected chi connectivity index (χ1v) is 19.4. The molecule has 7 rings (SSSR count). The van der Waals surface area contributed by atoms with Gasteiger partial charge in [0.1, 0.15) is 17.5 Å². The molecule has 0 radical (unpaired) electrons. The van der Waals surface area contributed by atoms with Crippen molar-refractivity contribution >= 4 is 35.2 Å². The molecule has 0 saturated carbocycles. The van der Waals surface area contributed by atoms with E-state index in [2.05, 4.69) is 31.0 Å². The lowest BCUT2D eigenvalue weighted by Crippen LogP contribution is -2.52. The number of likely N-dealkylation sites (tertiary alicyclic amines) is 1. The van der Waals surface area contributed by atoms with E-state index in [4.69, 9.17) is 4.74 Å². The molecule has 15 heteroatoms. The third-order valence-corrected chi connectivity index (χ3v) is 10.9. The van der Waals surface area contributed by atoms with E-state index in [1.807, 2.05) is 58.0 Å². The van der Waals surface area contributed by atoms with Crippen molar-refractivity contribution < 1.29 is 33.8 Å². The van der Waals surface area contributed by atoms with Crippen molar-refractivity contribution in [3.05, 3.63) is 82.7 Å². The summed E-state index contributed by atoms with van der Waals surface area (Å²) in [6, 6.07) is 15.5. The van der Waals surface area contributed by atoms with E-state index in [1.54, 1.807) is 35.9 Å². The van der Waals surface area contributed by atoms with Crippen LogP contribution in [0.5, 0.6) is 11.5 Å². The predicted octanol–water partition coefficient (Wildman–Crippen LogP) is 4.52. The molecule has 5 amide bonds. The van der Waals surface area contributed by atoms with Crippen LogP contribution in [-0.2, 0) is 27.5 Å². The third-order valence-electron chi connectivity index (χ3n) is 10.9. The zero-order valence-electron chi connectivity index (χ0n) is 32.8. The molecule has 15 nitrogen and oxygen atoms in total. The summed E-state index contributed by atoms with van der Waals surface area (Å²) in [5, 5.41) is 28.0. The predicted molar refractivity (Wildman–Crippen MR) is 211 cm³/mol. The Morgan fingerprint density at radius 3 is 2.37 bits per heavy atom. The van der Waals surface area contributed by atoms with Gasteiger partial charge in [0.25, 0.3) is 11.8 Å². The number of anilines is 1. The Morgan fingerprint density at radius 2 is 1.70 bits per heavy atom. The first-order valence-electron chi connectivity index (χ1n) is 19.4. The van der Waals surface area contributed by atoms with Crippen LogP contribution in [0.15, 0.2) is 54.6 Å². The molecule has 4 aromatic rings. The summed E-state index contributed by atoms with van der Waals surface area (Å²) in [5.41, 5.74) is 4.69. The molecule has 1 atom stereocenters. The topological polar surface area (TPSA) is 188 Å². The summed E-state index contributed by atoms with van der Waals surface area (Å²) in [7, 11) is 1.56. The Labute approximate surface area is 330 Å². The van der Waals surface area contributed by atoms with Crippen molar-refractivity contribution in [2.75, 3.05) is 25.5 Å². The Balaban J connectivity index is 1.02. The molecule has 2 fully saturated rings. The number of phenols is 1. The van der Waals surface area contributed by atoms with Gasteiger partial charge in [0.15, 0.2) is 5.82 Å². The van der Waals surface area contributed by atoms with Crippen LogP contribution >= 0.6 is 0 Å². The number of piperidine rings is 2. The number of fused-ring (bicyclic) bond motifs is 1. The number of hydrogen-bond donors (Lipinski definition) is 4. The minimum absolute atomic E-state index is 0.0476. The maximum Gasteiger partial charge on any atom is 0.289 e. The smallest absolute Gasteiger partial charge is 0.289 e. The molecule has 3 aliphatic rings. The second-order valence-corrected chi connectivity index (χ2v) is 15.5. The number of carbonyl (C=O) groups is 5. The molecule has 57 heavy (non-hydrogen) atoms. The lowest BCUT2D eigenvalue weighted by Gasteiger charge is -2.31. The summed E-state index contributed by atoms with van der Waals surface area (Å²) in [6.07, 6.45) is 1.75. The standard InChI is InChI=1S/C42H48N8O7/c1-23(2)29-19-30(34(51)20-35(29)57-5)37-46-47-38(41(55)43-24(3)4)50(37)27-11-9-25(10-12-27)21-48-17-15-26(16-18-48)39(53)44-32-8-6-7-28-31(32)22-49(42(28)56)33-13-14-36(52)45-40(33)54/h6-12,19-20,23-24,26,33,51H,13-18,21-22H2,1-5H3,(H,43,55)(H,44,53)(H,45,52,54). The zero-order valence-corrected chi connectivity index (χ0v) is 32.8. The van der Waals surface area contributed by atoms with Gasteiger partial charge in [0.05, 0.1) is 12.7 Å². The van der Waals surface area contributed by atoms with Crippen LogP contribution in [0.25, 0.3) is 17.1 Å². The van der Waals surface area contributed by atoms with Crippen LogP contribution in [0.1, 0.15) is 97.0 Å². The molecule has 4 heterocycles. The highest BCUT2D eigenvalue weighted by molar-refractivity contribution is 6.07. The molecular weight excluding hydrogens is 729 g/mol. The van der Waals surface area contributed by atoms with Gasteiger partial charge >= 0.3 is 0 Å². The molecule has 2 saturated heterocycles. The van der Waals surface area contributed by atoms with Gasteiger partial charge in [-0.1, -0.05) is 32.0 Å². The van der Waals surface area contributed by atoms with E-state index in [0.29, 0.717) is 72.1 Å². The van der Waals surface area contributed by atoms with Gasteiger partial charge in [-0.05, 0) is 93.6 Å². The monoisotopic (exact) mass is 776 g/mol. The highest BCUT2D eigenvalue weighted by Gasteiger charge is 2.40. The van der Waals surface area contributed by atoms with Gasteiger partial charge in [-0.2, -0.15) is 0 Å². The number of aromatic hydroxyl groups is 1. The fraction of sp³-hybridized carbons (Fsp3) is 0.405. The third kappa shape index (κ3) is 7.97. The van der Waals surface area contributed by atoms with Crippen molar-refractivity contribution in [2.24, 2.45) is 5.92 Å². The number of methoxy groups -OCH3 is 1. The van der Waals surface area contributed by atoms with Gasteiger partial charge in [-0.3, -0.25) is 38.8 Å². The van der Waals surface area contributed by atoms with Crippen LogP contribution in [0, 0.1) is 5.92 Å². The lowest BCUT2D eigenvalue weighted by molar-refractivity contribution is -0.137. The van der Waals surface area contributed by atoms with Crippen LogP contribution in [0.4, 0.5) is 5.69 Å². The number of rotatable bonds is 11. The molecule has 4 N–H and O–H groups in total. The minimum Gasteiger partial charge on any atom is -0.507 e. The summed E-state index contributed by atoms with van der Waals surface area (Å²) < 4.78 is 7.18. The normalized spacial score (nSPS) is 17.6. The number of aromatic nitrogens is 3. The summed E-state index contributed by atoms with van der Waals surface area (Å²) in [6.45, 7) is 10.0. The number of phenolic OH excluding ortho intramolecular Hbond substituents is 1. The van der Waals surface area contributed by atoms with E-state index >= 15 is 0 Å².